The standard InChI is InChI=1S/C19H20ClNO4S/c20-16-6-3-15(4-7-16)5-8-19(22)21-11-9-18(10-12-21)26(23,24)14-17-2-1-13-25-17/h1-8,13,18H,9-12,14H2. The molecular weight excluding hydrogens is 374 g/mol. The van der Waals surface area contributed by atoms with Gasteiger partial charge >= 0.3 is 0 Å². The van der Waals surface area contributed by atoms with Gasteiger partial charge in [0.25, 0.3) is 0 Å². The SMILES string of the molecule is O=C(C=Cc1ccc(Cl)cc1)N1CCC(S(=O)(=O)Cc2ccco2)CC1. The Bertz CT molecular complexity index is 865. The molecule has 1 aliphatic rings. The number of amides is 1. The van der Waals surface area contributed by atoms with E-state index in [9.17, 15) is 13.2 Å². The van der Waals surface area contributed by atoms with Gasteiger partial charge in [-0.2, -0.15) is 0 Å². The van der Waals surface area contributed by atoms with Crippen LogP contribution in [0.3, 0.4) is 0 Å². The number of hydrogen-bond acceptors (Lipinski definition) is 4. The summed E-state index contributed by atoms with van der Waals surface area (Å²) in [5.41, 5.74) is 0.888. The lowest BCUT2D eigenvalue weighted by Gasteiger charge is -2.31. The second-order valence-electron chi connectivity index (χ2n) is 6.30. The second-order valence-corrected chi connectivity index (χ2v) is 9.01. The van der Waals surface area contributed by atoms with Gasteiger partial charge in [0, 0.05) is 24.2 Å². The molecule has 1 aliphatic heterocycles. The van der Waals surface area contributed by atoms with E-state index in [0.717, 1.165) is 5.56 Å². The van der Waals surface area contributed by atoms with Crippen LogP contribution >= 0.6 is 11.6 Å². The maximum atomic E-state index is 12.5. The molecule has 1 saturated heterocycles. The number of furan rings is 1. The Morgan fingerprint density at radius 2 is 1.88 bits per heavy atom. The summed E-state index contributed by atoms with van der Waals surface area (Å²) < 4.78 is 30.1. The number of sulfone groups is 1. The summed E-state index contributed by atoms with van der Waals surface area (Å²) in [7, 11) is -3.28. The van der Waals surface area contributed by atoms with Crippen molar-refractivity contribution in [3.05, 3.63) is 65.1 Å². The summed E-state index contributed by atoms with van der Waals surface area (Å²) in [5.74, 6) is 0.256. The van der Waals surface area contributed by atoms with Gasteiger partial charge in [-0.25, -0.2) is 8.42 Å². The van der Waals surface area contributed by atoms with Crippen molar-refractivity contribution in [2.24, 2.45) is 0 Å². The number of nitrogens with zero attached hydrogens (tertiary/aromatic N) is 1. The van der Waals surface area contributed by atoms with E-state index in [2.05, 4.69) is 0 Å². The van der Waals surface area contributed by atoms with Gasteiger partial charge in [0.15, 0.2) is 9.84 Å². The first kappa shape index (κ1) is 18.7. The van der Waals surface area contributed by atoms with E-state index in [-0.39, 0.29) is 11.7 Å². The molecule has 3 rings (SSSR count). The van der Waals surface area contributed by atoms with Crippen molar-refractivity contribution in [3.63, 3.8) is 0 Å². The topological polar surface area (TPSA) is 67.6 Å². The average Bonchev–Trinajstić information content (AvgIpc) is 3.13. The normalized spacial score (nSPS) is 16.3. The summed E-state index contributed by atoms with van der Waals surface area (Å²) in [6.45, 7) is 0.873. The highest BCUT2D eigenvalue weighted by molar-refractivity contribution is 7.91. The van der Waals surface area contributed by atoms with E-state index in [1.54, 1.807) is 35.2 Å². The predicted octanol–water partition coefficient (Wildman–Crippen LogP) is 3.55. The molecule has 0 saturated carbocycles. The number of rotatable bonds is 5. The van der Waals surface area contributed by atoms with Gasteiger partial charge < -0.3 is 9.32 Å². The summed E-state index contributed by atoms with van der Waals surface area (Å²) in [6, 6.07) is 10.5. The average molecular weight is 394 g/mol. The Morgan fingerprint density at radius 1 is 1.19 bits per heavy atom. The minimum absolute atomic E-state index is 0.0882. The van der Waals surface area contributed by atoms with Gasteiger partial charge in [-0.1, -0.05) is 23.7 Å². The predicted molar refractivity (Wildman–Crippen MR) is 101 cm³/mol. The molecule has 2 heterocycles. The largest absolute Gasteiger partial charge is 0.468 e. The monoisotopic (exact) mass is 393 g/mol. The highest BCUT2D eigenvalue weighted by atomic mass is 35.5. The second kappa shape index (κ2) is 8.10. The fourth-order valence-corrected chi connectivity index (χ4v) is 4.84. The van der Waals surface area contributed by atoms with Crippen molar-refractivity contribution in [2.45, 2.75) is 23.8 Å². The molecule has 138 valence electrons. The molecule has 0 unspecified atom stereocenters. The number of piperidine rings is 1. The van der Waals surface area contributed by atoms with E-state index in [1.807, 2.05) is 12.1 Å². The zero-order chi connectivity index (χ0) is 18.6. The van der Waals surface area contributed by atoms with Crippen molar-refractivity contribution < 1.29 is 17.6 Å². The Morgan fingerprint density at radius 3 is 2.50 bits per heavy atom. The molecule has 0 radical (unpaired) electrons. The number of hydrogen-bond donors (Lipinski definition) is 0. The lowest BCUT2D eigenvalue weighted by molar-refractivity contribution is -0.126. The minimum Gasteiger partial charge on any atom is -0.468 e. The molecule has 1 fully saturated rings. The maximum Gasteiger partial charge on any atom is 0.246 e. The Hall–Kier alpha value is -2.05. The van der Waals surface area contributed by atoms with Crippen LogP contribution in [0.25, 0.3) is 6.08 Å². The molecule has 0 N–H and O–H groups in total. The molecule has 1 aromatic carbocycles. The van der Waals surface area contributed by atoms with E-state index in [1.165, 1.54) is 12.3 Å². The van der Waals surface area contributed by atoms with Crippen molar-refractivity contribution in [2.75, 3.05) is 13.1 Å². The quantitative estimate of drug-likeness (QED) is 0.728. The first-order valence-electron chi connectivity index (χ1n) is 8.40. The summed E-state index contributed by atoms with van der Waals surface area (Å²) in [6.07, 6.45) is 5.62. The van der Waals surface area contributed by atoms with Crippen LogP contribution in [0, 0.1) is 0 Å². The number of benzene rings is 1. The molecule has 0 spiro atoms. The number of halogens is 1. The molecule has 0 atom stereocenters. The van der Waals surface area contributed by atoms with Crippen LogP contribution in [0.1, 0.15) is 24.2 Å². The minimum atomic E-state index is -3.28. The van der Waals surface area contributed by atoms with Gasteiger partial charge in [0.05, 0.1) is 11.5 Å². The maximum absolute atomic E-state index is 12.5. The molecular formula is C19H20ClNO4S. The number of carbonyl (C=O) groups excluding carboxylic acids is 1. The van der Waals surface area contributed by atoms with Crippen molar-refractivity contribution in [1.29, 1.82) is 0 Å². The molecule has 1 aromatic heterocycles. The first-order valence-corrected chi connectivity index (χ1v) is 10.5. The van der Waals surface area contributed by atoms with E-state index in [0.29, 0.717) is 36.7 Å². The molecule has 1 amide bonds. The molecule has 0 aliphatic carbocycles. The van der Waals surface area contributed by atoms with Crippen LogP contribution in [0.2, 0.25) is 5.02 Å². The summed E-state index contributed by atoms with van der Waals surface area (Å²) in [5, 5.41) is 0.211. The van der Waals surface area contributed by atoms with Crippen LogP contribution in [-0.4, -0.2) is 37.6 Å². The number of likely N-dealkylation sites (tertiary alicyclic amines) is 1. The third kappa shape index (κ3) is 4.77. The molecule has 0 bridgehead atoms. The molecule has 26 heavy (non-hydrogen) atoms. The zero-order valence-corrected chi connectivity index (χ0v) is 15.7. The van der Waals surface area contributed by atoms with Gasteiger partial charge in [-0.15, -0.1) is 0 Å². The van der Waals surface area contributed by atoms with Gasteiger partial charge in [-0.05, 0) is 48.7 Å². The molecule has 2 aromatic rings. The van der Waals surface area contributed by atoms with Crippen molar-refractivity contribution >= 4 is 33.4 Å². The first-order chi connectivity index (χ1) is 12.4. The fourth-order valence-electron chi connectivity index (χ4n) is 2.99. The van der Waals surface area contributed by atoms with Crippen molar-refractivity contribution in [1.82, 2.24) is 4.90 Å². The van der Waals surface area contributed by atoms with Crippen LogP contribution < -0.4 is 0 Å². The summed E-state index contributed by atoms with van der Waals surface area (Å²) >= 11 is 5.84. The lowest BCUT2D eigenvalue weighted by atomic mass is 10.1. The Labute approximate surface area is 158 Å². The third-order valence-electron chi connectivity index (χ3n) is 4.47. The molecule has 5 nitrogen and oxygen atoms in total. The Kier molecular flexibility index (Phi) is 5.84. The lowest BCUT2D eigenvalue weighted by Crippen LogP contribution is -2.42. The smallest absolute Gasteiger partial charge is 0.246 e. The molecule has 7 heteroatoms. The fraction of sp³-hybridized carbons (Fsp3) is 0.316. The van der Waals surface area contributed by atoms with Crippen molar-refractivity contribution in [3.8, 4) is 0 Å². The van der Waals surface area contributed by atoms with Crippen LogP contribution in [0.15, 0.2) is 53.2 Å². The van der Waals surface area contributed by atoms with E-state index >= 15 is 0 Å². The van der Waals surface area contributed by atoms with Crippen LogP contribution in [0.4, 0.5) is 0 Å². The van der Waals surface area contributed by atoms with Crippen LogP contribution in [-0.2, 0) is 20.4 Å². The Balaban J connectivity index is 1.54. The van der Waals surface area contributed by atoms with E-state index in [4.69, 9.17) is 16.0 Å². The van der Waals surface area contributed by atoms with Gasteiger partial charge in [0.2, 0.25) is 5.91 Å². The highest BCUT2D eigenvalue weighted by Crippen LogP contribution is 2.22. The van der Waals surface area contributed by atoms with Gasteiger partial charge in [0.1, 0.15) is 11.5 Å². The highest BCUT2D eigenvalue weighted by Gasteiger charge is 2.31. The van der Waals surface area contributed by atoms with E-state index < -0.39 is 15.1 Å². The number of carbonyl (C=O) groups is 1. The van der Waals surface area contributed by atoms with Crippen LogP contribution in [0.5, 0.6) is 0 Å². The zero-order valence-electron chi connectivity index (χ0n) is 14.2. The van der Waals surface area contributed by atoms with Gasteiger partial charge in [-0.3, -0.25) is 4.79 Å². The summed E-state index contributed by atoms with van der Waals surface area (Å²) in [4.78, 5) is 14.0. The third-order valence-corrected chi connectivity index (χ3v) is 6.90.